The van der Waals surface area contributed by atoms with E-state index >= 15 is 0 Å². The normalized spacial score (nSPS) is 12.9. The van der Waals surface area contributed by atoms with Crippen molar-refractivity contribution in [3.63, 3.8) is 0 Å². The maximum atomic E-state index is 13.4. The Morgan fingerprint density at radius 1 is 1.05 bits per heavy atom. The molecule has 0 saturated carbocycles. The molecule has 1 aliphatic rings. The number of aryl methyl sites for hydroxylation is 1. The van der Waals surface area contributed by atoms with Crippen molar-refractivity contribution in [3.05, 3.63) is 105 Å². The van der Waals surface area contributed by atoms with Crippen molar-refractivity contribution in [3.8, 4) is 5.75 Å². The van der Waals surface area contributed by atoms with Gasteiger partial charge in [-0.2, -0.15) is 0 Å². The van der Waals surface area contributed by atoms with Crippen molar-refractivity contribution in [1.29, 1.82) is 0 Å². The lowest BCUT2D eigenvalue weighted by atomic mass is 9.95. The third-order valence-corrected chi connectivity index (χ3v) is 9.37. The molecule has 0 fully saturated rings. The van der Waals surface area contributed by atoms with Gasteiger partial charge in [-0.05, 0) is 113 Å². The van der Waals surface area contributed by atoms with Crippen LogP contribution >= 0.6 is 79.7 Å². The number of hydrogen-bond donors (Lipinski definition) is 1. The van der Waals surface area contributed by atoms with Gasteiger partial charge in [0.05, 0.1) is 9.13 Å². The first-order valence-electron chi connectivity index (χ1n) is 12.0. The van der Waals surface area contributed by atoms with Crippen molar-refractivity contribution >= 4 is 103 Å². The van der Waals surface area contributed by atoms with E-state index in [9.17, 15) is 4.79 Å². The van der Waals surface area contributed by atoms with E-state index in [4.69, 9.17) is 32.9 Å². The molecular formula is C29H22Cl2I2N2O2S. The molecule has 1 amide bonds. The highest BCUT2D eigenvalue weighted by Crippen LogP contribution is 2.40. The molecule has 0 saturated heterocycles. The fraction of sp³-hybridized carbons (Fsp3) is 0.172. The molecule has 0 unspecified atom stereocenters. The average Bonchev–Trinajstić information content (AvgIpc) is 3.27. The van der Waals surface area contributed by atoms with Crippen molar-refractivity contribution in [1.82, 2.24) is 0 Å². The third-order valence-electron chi connectivity index (χ3n) is 6.16. The summed E-state index contributed by atoms with van der Waals surface area (Å²) in [7, 11) is 0. The number of hydrogen-bond acceptors (Lipinski definition) is 4. The van der Waals surface area contributed by atoms with Crippen molar-refractivity contribution in [2.24, 2.45) is 4.99 Å². The topological polar surface area (TPSA) is 50.7 Å². The van der Waals surface area contributed by atoms with E-state index in [1.165, 1.54) is 4.88 Å². The van der Waals surface area contributed by atoms with E-state index in [1.807, 2.05) is 42.5 Å². The second kappa shape index (κ2) is 12.7. The predicted octanol–water partition coefficient (Wildman–Crippen LogP) is 9.72. The maximum absolute atomic E-state index is 13.4. The number of aliphatic imine (C=N–C) groups is 1. The van der Waals surface area contributed by atoms with Gasteiger partial charge >= 0.3 is 0 Å². The molecular weight excluding hydrogens is 765 g/mol. The number of nitrogens with one attached hydrogen (secondary N) is 1. The van der Waals surface area contributed by atoms with E-state index in [0.717, 1.165) is 66.0 Å². The summed E-state index contributed by atoms with van der Waals surface area (Å²) in [6, 6.07) is 19.0. The Labute approximate surface area is 263 Å². The fourth-order valence-electron chi connectivity index (χ4n) is 4.34. The monoisotopic (exact) mass is 786 g/mol. The third kappa shape index (κ3) is 6.55. The number of halogens is 4. The highest BCUT2D eigenvalue weighted by Gasteiger charge is 2.25. The van der Waals surface area contributed by atoms with Crippen LogP contribution in [0, 0.1) is 7.14 Å². The van der Waals surface area contributed by atoms with Crippen LogP contribution < -0.4 is 10.1 Å². The van der Waals surface area contributed by atoms with Gasteiger partial charge in [0.1, 0.15) is 17.4 Å². The molecule has 0 spiro atoms. The van der Waals surface area contributed by atoms with Crippen LogP contribution in [0.15, 0.2) is 65.7 Å². The van der Waals surface area contributed by atoms with Gasteiger partial charge in [0.25, 0.3) is 5.91 Å². The number of amides is 1. The Morgan fingerprint density at radius 2 is 1.84 bits per heavy atom. The molecule has 38 heavy (non-hydrogen) atoms. The minimum Gasteiger partial charge on any atom is -0.487 e. The minimum absolute atomic E-state index is 0.117. The summed E-state index contributed by atoms with van der Waals surface area (Å²) < 4.78 is 8.28. The zero-order chi connectivity index (χ0) is 26.6. The van der Waals surface area contributed by atoms with Crippen LogP contribution in [0.3, 0.4) is 0 Å². The van der Waals surface area contributed by atoms with Crippen LogP contribution in [0.4, 0.5) is 10.7 Å². The lowest BCUT2D eigenvalue weighted by Crippen LogP contribution is -2.14. The number of benzene rings is 3. The maximum Gasteiger partial charge on any atom is 0.259 e. The first kappa shape index (κ1) is 27.9. The van der Waals surface area contributed by atoms with Crippen LogP contribution in [0.5, 0.6) is 5.75 Å². The molecule has 0 aliphatic heterocycles. The molecule has 9 heteroatoms. The second-order valence-electron chi connectivity index (χ2n) is 8.80. The van der Waals surface area contributed by atoms with Gasteiger partial charge in [0.2, 0.25) is 0 Å². The fourth-order valence-corrected chi connectivity index (χ4v) is 8.08. The number of rotatable bonds is 7. The molecule has 1 N–H and O–H groups in total. The van der Waals surface area contributed by atoms with Crippen LogP contribution in [-0.2, 0) is 19.4 Å². The van der Waals surface area contributed by atoms with E-state index in [-0.39, 0.29) is 5.91 Å². The molecule has 194 valence electrons. The number of anilines is 1. The molecule has 1 aliphatic carbocycles. The van der Waals surface area contributed by atoms with Crippen LogP contribution in [0.1, 0.15) is 44.8 Å². The number of carbonyl (C=O) groups excluding carboxylic acids is 1. The van der Waals surface area contributed by atoms with E-state index in [2.05, 4.69) is 56.6 Å². The van der Waals surface area contributed by atoms with Gasteiger partial charge in [0, 0.05) is 41.5 Å². The Kier molecular flexibility index (Phi) is 9.30. The zero-order valence-corrected chi connectivity index (χ0v) is 26.7. The summed E-state index contributed by atoms with van der Waals surface area (Å²) in [5.41, 5.74) is 4.27. The average molecular weight is 787 g/mol. The number of ether oxygens (including phenoxy) is 1. The summed E-state index contributed by atoms with van der Waals surface area (Å²) >= 11 is 18.6. The summed E-state index contributed by atoms with van der Waals surface area (Å²) in [5.74, 6) is 0.603. The summed E-state index contributed by atoms with van der Waals surface area (Å²) in [5, 5.41) is 4.93. The van der Waals surface area contributed by atoms with Gasteiger partial charge in [-0.25, -0.2) is 4.99 Å². The van der Waals surface area contributed by atoms with Gasteiger partial charge < -0.3 is 10.1 Å². The minimum atomic E-state index is -0.117. The molecule has 1 aromatic heterocycles. The zero-order valence-electron chi connectivity index (χ0n) is 20.1. The molecule has 0 atom stereocenters. The van der Waals surface area contributed by atoms with Crippen LogP contribution in [0.25, 0.3) is 0 Å². The second-order valence-corrected chi connectivity index (χ2v) is 13.1. The highest BCUT2D eigenvalue weighted by atomic mass is 127. The lowest BCUT2D eigenvalue weighted by Gasteiger charge is -2.13. The molecule has 3 aromatic carbocycles. The van der Waals surface area contributed by atoms with E-state index < -0.39 is 0 Å². The quantitative estimate of drug-likeness (QED) is 0.150. The molecule has 1 heterocycles. The summed E-state index contributed by atoms with van der Waals surface area (Å²) in [4.78, 5) is 19.6. The predicted molar refractivity (Wildman–Crippen MR) is 175 cm³/mol. The van der Waals surface area contributed by atoms with Gasteiger partial charge in [0.15, 0.2) is 0 Å². The Hall–Kier alpha value is -1.66. The number of para-hydroxylation sites is 1. The number of thiophene rings is 1. The van der Waals surface area contributed by atoms with E-state index in [1.54, 1.807) is 29.7 Å². The molecule has 0 radical (unpaired) electrons. The SMILES string of the molecule is O=C(Nc1ccccc1)c1c(N=Cc2cc(I)cc(I)c2OCc2ccc(Cl)cc2Cl)sc2c1CCCC2. The Morgan fingerprint density at radius 3 is 2.63 bits per heavy atom. The largest absolute Gasteiger partial charge is 0.487 e. The first-order valence-corrected chi connectivity index (χ1v) is 15.7. The molecule has 4 aromatic rings. The van der Waals surface area contributed by atoms with Crippen LogP contribution in [0.2, 0.25) is 10.0 Å². The highest BCUT2D eigenvalue weighted by molar-refractivity contribution is 14.1. The summed E-state index contributed by atoms with van der Waals surface area (Å²) in [6.45, 7) is 0.297. The smallest absolute Gasteiger partial charge is 0.259 e. The van der Waals surface area contributed by atoms with Crippen molar-refractivity contribution in [2.45, 2.75) is 32.3 Å². The Bertz CT molecular complexity index is 1520. The van der Waals surface area contributed by atoms with Crippen molar-refractivity contribution < 1.29 is 9.53 Å². The number of carbonyl (C=O) groups is 1. The molecule has 0 bridgehead atoms. The summed E-state index contributed by atoms with van der Waals surface area (Å²) in [6.07, 6.45) is 5.91. The van der Waals surface area contributed by atoms with Crippen molar-refractivity contribution in [2.75, 3.05) is 5.32 Å². The first-order chi connectivity index (χ1) is 18.4. The molecule has 5 rings (SSSR count). The standard InChI is InChI=1S/C29H22Cl2I2N2O2S/c30-19-11-10-17(23(31)13-19)16-37-27-18(12-20(32)14-24(27)33)15-34-29-26(22-8-4-5-9-25(22)38-29)28(36)35-21-6-2-1-3-7-21/h1-3,6-7,10-15H,4-5,8-9,16H2,(H,35,36). The van der Waals surface area contributed by atoms with Gasteiger partial charge in [-0.1, -0.05) is 47.5 Å². The lowest BCUT2D eigenvalue weighted by molar-refractivity contribution is 0.102. The molecule has 4 nitrogen and oxygen atoms in total. The Balaban J connectivity index is 1.47. The van der Waals surface area contributed by atoms with E-state index in [0.29, 0.717) is 22.2 Å². The van der Waals surface area contributed by atoms with Gasteiger partial charge in [-0.15, -0.1) is 11.3 Å². The number of nitrogens with zero attached hydrogens (tertiary/aromatic N) is 1. The number of fused-ring (bicyclic) bond motifs is 1. The van der Waals surface area contributed by atoms with Crippen LogP contribution in [-0.4, -0.2) is 12.1 Å². The van der Waals surface area contributed by atoms with Gasteiger partial charge in [-0.3, -0.25) is 4.79 Å².